The lowest BCUT2D eigenvalue weighted by atomic mass is 10.4. The molecule has 0 amide bonds. The summed E-state index contributed by atoms with van der Waals surface area (Å²) in [6, 6.07) is 0. The molecule has 0 radical (unpaired) electrons. The smallest absolute Gasteiger partial charge is 0.231 e. The van der Waals surface area contributed by atoms with Gasteiger partial charge in [-0.05, 0) is 0 Å². The summed E-state index contributed by atoms with van der Waals surface area (Å²) in [6.07, 6.45) is 2.54. The van der Waals surface area contributed by atoms with Gasteiger partial charge in [-0.2, -0.15) is 13.2 Å². The number of halogens is 4. The van der Waals surface area contributed by atoms with Crippen LogP contribution >= 0.6 is 23.4 Å². The first kappa shape index (κ1) is 10.6. The topological polar surface area (TPSA) is 25.8 Å². The molecule has 13 heavy (non-hydrogen) atoms. The molecule has 0 aliphatic rings. The lowest BCUT2D eigenvalue weighted by Gasteiger charge is -2.03. The Bertz CT molecular complexity index is 274. The highest BCUT2D eigenvalue weighted by Gasteiger charge is 2.30. The van der Waals surface area contributed by atoms with E-state index in [1.807, 2.05) is 0 Å². The van der Waals surface area contributed by atoms with Crippen LogP contribution in [0.15, 0.2) is 17.6 Å². The second-order valence-corrected chi connectivity index (χ2v) is 3.35. The van der Waals surface area contributed by atoms with Gasteiger partial charge in [0.15, 0.2) is 5.16 Å². The summed E-state index contributed by atoms with van der Waals surface area (Å²) in [5, 5.41) is -0.318. The average Bonchev–Trinajstić information content (AvgIpc) is 2.03. The number of aromatic nitrogens is 2. The van der Waals surface area contributed by atoms with Gasteiger partial charge in [0.25, 0.3) is 0 Å². The predicted octanol–water partition coefficient (Wildman–Crippen LogP) is 2.83. The number of alkyl halides is 4. The molecule has 0 N–H and O–H groups in total. The molecule has 0 unspecified atom stereocenters. The Hall–Kier alpha value is -0.490. The summed E-state index contributed by atoms with van der Waals surface area (Å²) < 4.78 is 35.3. The molecule has 2 nitrogen and oxygen atoms in total. The van der Waals surface area contributed by atoms with E-state index >= 15 is 0 Å². The molecule has 7 heteroatoms. The maximum absolute atomic E-state index is 11.8. The molecule has 0 fully saturated rings. The van der Waals surface area contributed by atoms with Crippen LogP contribution in [0.1, 0.15) is 5.56 Å². The van der Waals surface area contributed by atoms with Crippen LogP contribution in [0.2, 0.25) is 0 Å². The van der Waals surface area contributed by atoms with Crippen molar-refractivity contribution in [3.05, 3.63) is 18.0 Å². The highest BCUT2D eigenvalue weighted by molar-refractivity contribution is 8.00. The van der Waals surface area contributed by atoms with Crippen molar-refractivity contribution >= 4 is 23.4 Å². The summed E-state index contributed by atoms with van der Waals surface area (Å²) in [5.41, 5.74) is -3.75. The number of nitrogens with zero attached hydrogens (tertiary/aromatic N) is 2. The zero-order chi connectivity index (χ0) is 9.90. The van der Waals surface area contributed by atoms with Gasteiger partial charge >= 0.3 is 5.51 Å². The molecule has 0 aliphatic heterocycles. The van der Waals surface area contributed by atoms with Gasteiger partial charge in [-0.1, -0.05) is 0 Å². The van der Waals surface area contributed by atoms with Crippen molar-refractivity contribution in [3.8, 4) is 0 Å². The maximum atomic E-state index is 11.8. The van der Waals surface area contributed by atoms with Gasteiger partial charge < -0.3 is 0 Å². The Morgan fingerprint density at radius 2 is 1.85 bits per heavy atom. The molecule has 0 aliphatic carbocycles. The largest absolute Gasteiger partial charge is 0.449 e. The van der Waals surface area contributed by atoms with Crippen LogP contribution in [-0.4, -0.2) is 15.5 Å². The van der Waals surface area contributed by atoms with E-state index in [4.69, 9.17) is 11.6 Å². The molecule has 1 aromatic heterocycles. The van der Waals surface area contributed by atoms with E-state index in [2.05, 4.69) is 9.97 Å². The normalized spacial score (nSPS) is 11.7. The van der Waals surface area contributed by atoms with Crippen LogP contribution in [0.4, 0.5) is 13.2 Å². The average molecular weight is 229 g/mol. The van der Waals surface area contributed by atoms with Gasteiger partial charge in [0.1, 0.15) is 0 Å². The highest BCUT2D eigenvalue weighted by atomic mass is 35.5. The number of hydrogen-bond donors (Lipinski definition) is 0. The molecule has 0 saturated heterocycles. The van der Waals surface area contributed by atoms with Crippen LogP contribution < -0.4 is 0 Å². The molecule has 0 atom stereocenters. The fourth-order valence-corrected chi connectivity index (χ4v) is 1.12. The third-order valence-electron chi connectivity index (χ3n) is 1.04. The molecule has 1 aromatic rings. The lowest BCUT2D eigenvalue weighted by Crippen LogP contribution is -2.01. The molecule has 0 saturated carbocycles. The predicted molar refractivity (Wildman–Crippen MR) is 43.5 cm³/mol. The van der Waals surface area contributed by atoms with Gasteiger partial charge in [-0.15, -0.1) is 11.6 Å². The van der Waals surface area contributed by atoms with E-state index in [0.717, 1.165) is 0 Å². The summed E-state index contributed by atoms with van der Waals surface area (Å²) in [7, 11) is 0. The summed E-state index contributed by atoms with van der Waals surface area (Å²) in [5.74, 6) is 0.191. The second kappa shape index (κ2) is 4.15. The minimum atomic E-state index is -4.34. The Balaban J connectivity index is 2.70. The molecule has 1 heterocycles. The molecular weight excluding hydrogens is 225 g/mol. The zero-order valence-electron chi connectivity index (χ0n) is 6.18. The zero-order valence-corrected chi connectivity index (χ0v) is 7.75. The van der Waals surface area contributed by atoms with E-state index in [0.29, 0.717) is 5.56 Å². The van der Waals surface area contributed by atoms with Crippen molar-refractivity contribution in [2.24, 2.45) is 0 Å². The van der Waals surface area contributed by atoms with Crippen molar-refractivity contribution in [2.45, 2.75) is 16.5 Å². The SMILES string of the molecule is FC(F)(F)Sc1ncc(CCl)cn1. The van der Waals surface area contributed by atoms with E-state index in [1.165, 1.54) is 12.4 Å². The van der Waals surface area contributed by atoms with Gasteiger partial charge in [-0.3, -0.25) is 0 Å². The van der Waals surface area contributed by atoms with E-state index in [-0.39, 0.29) is 22.8 Å². The summed E-state index contributed by atoms with van der Waals surface area (Å²) in [6.45, 7) is 0. The molecule has 0 aromatic carbocycles. The number of rotatable bonds is 2. The maximum Gasteiger partial charge on any atom is 0.449 e. The number of thioether (sulfide) groups is 1. The minimum absolute atomic E-state index is 0.191. The van der Waals surface area contributed by atoms with Crippen molar-refractivity contribution < 1.29 is 13.2 Å². The van der Waals surface area contributed by atoms with Gasteiger partial charge in [0, 0.05) is 29.7 Å². The minimum Gasteiger partial charge on any atom is -0.231 e. The van der Waals surface area contributed by atoms with Crippen molar-refractivity contribution in [2.75, 3.05) is 0 Å². The monoisotopic (exact) mass is 228 g/mol. The Kier molecular flexibility index (Phi) is 3.38. The van der Waals surface area contributed by atoms with Crippen molar-refractivity contribution in [1.82, 2.24) is 9.97 Å². The van der Waals surface area contributed by atoms with Crippen LogP contribution in [-0.2, 0) is 5.88 Å². The molecule has 1 rings (SSSR count). The third kappa shape index (κ3) is 3.82. The highest BCUT2D eigenvalue weighted by Crippen LogP contribution is 2.34. The van der Waals surface area contributed by atoms with Crippen molar-refractivity contribution in [1.29, 1.82) is 0 Å². The Morgan fingerprint density at radius 1 is 1.31 bits per heavy atom. The Labute approximate surface area is 81.5 Å². The number of hydrogen-bond acceptors (Lipinski definition) is 3. The van der Waals surface area contributed by atoms with E-state index in [9.17, 15) is 13.2 Å². The molecule has 72 valence electrons. The van der Waals surface area contributed by atoms with Crippen LogP contribution in [0.25, 0.3) is 0 Å². The summed E-state index contributed by atoms with van der Waals surface area (Å²) >= 11 is 5.06. The molecule has 0 bridgehead atoms. The van der Waals surface area contributed by atoms with Crippen LogP contribution in [0.3, 0.4) is 0 Å². The first-order chi connectivity index (χ1) is 6.01. The standard InChI is InChI=1S/C6H4ClF3N2S/c7-1-4-2-11-5(12-3-4)13-6(8,9)10/h2-3H,1H2. The van der Waals surface area contributed by atoms with E-state index in [1.54, 1.807) is 0 Å². The first-order valence-electron chi connectivity index (χ1n) is 3.14. The Morgan fingerprint density at radius 3 is 2.23 bits per heavy atom. The van der Waals surface area contributed by atoms with Crippen molar-refractivity contribution in [3.63, 3.8) is 0 Å². The fourth-order valence-electron chi connectivity index (χ4n) is 0.568. The fraction of sp³-hybridized carbons (Fsp3) is 0.333. The van der Waals surface area contributed by atoms with Gasteiger partial charge in [0.2, 0.25) is 0 Å². The van der Waals surface area contributed by atoms with Crippen LogP contribution in [0.5, 0.6) is 0 Å². The first-order valence-corrected chi connectivity index (χ1v) is 4.49. The third-order valence-corrected chi connectivity index (χ3v) is 1.98. The summed E-state index contributed by atoms with van der Waals surface area (Å²) in [4.78, 5) is 6.96. The van der Waals surface area contributed by atoms with Gasteiger partial charge in [0.05, 0.1) is 5.88 Å². The van der Waals surface area contributed by atoms with E-state index < -0.39 is 5.51 Å². The van der Waals surface area contributed by atoms with Crippen LogP contribution in [0, 0.1) is 0 Å². The quantitative estimate of drug-likeness (QED) is 0.442. The second-order valence-electron chi connectivity index (χ2n) is 2.06. The van der Waals surface area contributed by atoms with Gasteiger partial charge in [-0.25, -0.2) is 9.97 Å². The molecular formula is C6H4ClF3N2S. The molecule has 0 spiro atoms. The lowest BCUT2D eigenvalue weighted by molar-refractivity contribution is -0.0331.